The van der Waals surface area contributed by atoms with E-state index in [4.69, 9.17) is 16.9 Å². The molecule has 1 aliphatic rings. The Morgan fingerprint density at radius 3 is 2.69 bits per heavy atom. The summed E-state index contributed by atoms with van der Waals surface area (Å²) in [6.45, 7) is 1.12. The first-order chi connectivity index (χ1) is 12.3. The number of hydrogen-bond acceptors (Lipinski definition) is 5. The van der Waals surface area contributed by atoms with Gasteiger partial charge in [0.2, 0.25) is 5.91 Å². The van der Waals surface area contributed by atoms with Crippen LogP contribution in [0.15, 0.2) is 35.7 Å². The van der Waals surface area contributed by atoms with E-state index in [-0.39, 0.29) is 0 Å². The van der Waals surface area contributed by atoms with Gasteiger partial charge in [0.15, 0.2) is 0 Å². The molecule has 2 aromatic rings. The molecule has 0 unspecified atom stereocenters. The molecule has 1 aliphatic heterocycles. The van der Waals surface area contributed by atoms with Crippen LogP contribution in [0.1, 0.15) is 18.1 Å². The van der Waals surface area contributed by atoms with E-state index in [9.17, 15) is 14.4 Å². The normalized spacial score (nSPS) is 19.2. The lowest BCUT2D eigenvalue weighted by Crippen LogP contribution is -2.42. The molecule has 1 aromatic carbocycles. The summed E-state index contributed by atoms with van der Waals surface area (Å²) >= 11 is 7.05. The van der Waals surface area contributed by atoms with E-state index in [1.165, 1.54) is 11.3 Å². The molecule has 1 atom stereocenters. The number of nitriles is 1. The van der Waals surface area contributed by atoms with E-state index >= 15 is 0 Å². The highest BCUT2D eigenvalue weighted by molar-refractivity contribution is 7.14. The number of amides is 4. The van der Waals surface area contributed by atoms with Gasteiger partial charge in [0.1, 0.15) is 23.2 Å². The number of imide groups is 1. The van der Waals surface area contributed by atoms with Gasteiger partial charge in [0.25, 0.3) is 5.91 Å². The summed E-state index contributed by atoms with van der Waals surface area (Å²) in [6, 6.07) is 9.41. The third-order valence-corrected chi connectivity index (χ3v) is 5.12. The minimum absolute atomic E-state index is 0.326. The predicted molar refractivity (Wildman–Crippen MR) is 96.7 cm³/mol. The molecule has 2 heterocycles. The van der Waals surface area contributed by atoms with Crippen molar-refractivity contribution < 1.29 is 14.4 Å². The fourth-order valence-corrected chi connectivity index (χ4v) is 3.50. The SMILES string of the molecule is C[C@@]1(c2ccc(Cl)cc2)NC(=O)N(CC(=O)Nc2sccc2C#N)C1=O. The molecule has 7 nitrogen and oxygen atoms in total. The highest BCUT2D eigenvalue weighted by Crippen LogP contribution is 2.30. The van der Waals surface area contributed by atoms with Crippen LogP contribution in [0.5, 0.6) is 0 Å². The number of halogens is 1. The Balaban J connectivity index is 1.76. The number of rotatable bonds is 4. The maximum atomic E-state index is 12.8. The molecule has 0 aliphatic carbocycles. The Bertz CT molecular complexity index is 934. The molecule has 132 valence electrons. The van der Waals surface area contributed by atoms with Gasteiger partial charge in [-0.3, -0.25) is 14.5 Å². The van der Waals surface area contributed by atoms with Gasteiger partial charge >= 0.3 is 6.03 Å². The number of urea groups is 1. The first-order valence-corrected chi connectivity index (χ1v) is 8.78. The van der Waals surface area contributed by atoms with Crippen LogP contribution < -0.4 is 10.6 Å². The zero-order chi connectivity index (χ0) is 18.9. The summed E-state index contributed by atoms with van der Waals surface area (Å²) in [5.41, 5.74) is -0.386. The number of nitrogens with one attached hydrogen (secondary N) is 2. The second kappa shape index (κ2) is 6.78. The number of carbonyl (C=O) groups excluding carboxylic acids is 3. The molecule has 26 heavy (non-hydrogen) atoms. The van der Waals surface area contributed by atoms with Crippen molar-refractivity contribution in [3.63, 3.8) is 0 Å². The van der Waals surface area contributed by atoms with Gasteiger partial charge < -0.3 is 10.6 Å². The monoisotopic (exact) mass is 388 g/mol. The largest absolute Gasteiger partial charge is 0.325 e. The van der Waals surface area contributed by atoms with Crippen LogP contribution in [0.3, 0.4) is 0 Å². The second-order valence-electron chi connectivity index (χ2n) is 5.78. The van der Waals surface area contributed by atoms with E-state index in [0.717, 1.165) is 4.90 Å². The zero-order valence-corrected chi connectivity index (χ0v) is 15.1. The number of benzene rings is 1. The van der Waals surface area contributed by atoms with Gasteiger partial charge in [-0.15, -0.1) is 11.3 Å². The van der Waals surface area contributed by atoms with Gasteiger partial charge in [0.05, 0.1) is 5.56 Å². The predicted octanol–water partition coefficient (Wildman–Crippen LogP) is 2.68. The summed E-state index contributed by atoms with van der Waals surface area (Å²) in [4.78, 5) is 38.1. The van der Waals surface area contributed by atoms with Crippen LogP contribution in [0.4, 0.5) is 9.80 Å². The molecular weight excluding hydrogens is 376 g/mol. The molecule has 9 heteroatoms. The standard InChI is InChI=1S/C17H13ClN4O3S/c1-17(11-2-4-12(18)5-3-11)15(24)22(16(25)21-17)9-13(23)20-14-10(8-19)6-7-26-14/h2-7H,9H2,1H3,(H,20,23)(H,21,25)/t17-/m0/s1. The second-order valence-corrected chi connectivity index (χ2v) is 7.13. The molecule has 0 spiro atoms. The van der Waals surface area contributed by atoms with Crippen molar-refractivity contribution in [2.75, 3.05) is 11.9 Å². The lowest BCUT2D eigenvalue weighted by molar-refractivity contribution is -0.133. The lowest BCUT2D eigenvalue weighted by Gasteiger charge is -2.22. The number of nitrogens with zero attached hydrogens (tertiary/aromatic N) is 2. The highest BCUT2D eigenvalue weighted by atomic mass is 35.5. The fraction of sp³-hybridized carbons (Fsp3) is 0.176. The smallest absolute Gasteiger partial charge is 0.319 e. The Hall–Kier alpha value is -2.89. The Labute approximate surface area is 158 Å². The van der Waals surface area contributed by atoms with Crippen molar-refractivity contribution in [3.05, 3.63) is 51.9 Å². The van der Waals surface area contributed by atoms with E-state index < -0.39 is 29.9 Å². The maximum Gasteiger partial charge on any atom is 0.325 e. The van der Waals surface area contributed by atoms with E-state index in [1.807, 2.05) is 6.07 Å². The number of hydrogen-bond donors (Lipinski definition) is 2. The summed E-state index contributed by atoms with van der Waals surface area (Å²) < 4.78 is 0. The molecule has 0 saturated carbocycles. The van der Waals surface area contributed by atoms with Gasteiger partial charge in [0, 0.05) is 5.02 Å². The van der Waals surface area contributed by atoms with Gasteiger partial charge in [-0.05, 0) is 36.1 Å². The summed E-state index contributed by atoms with van der Waals surface area (Å²) in [5.74, 6) is -1.10. The van der Waals surface area contributed by atoms with Crippen LogP contribution >= 0.6 is 22.9 Å². The molecule has 1 aromatic heterocycles. The average Bonchev–Trinajstić information content (AvgIpc) is 3.13. The Morgan fingerprint density at radius 2 is 2.04 bits per heavy atom. The first kappa shape index (κ1) is 17.9. The van der Waals surface area contributed by atoms with Crippen molar-refractivity contribution >= 4 is 45.8 Å². The van der Waals surface area contributed by atoms with Crippen LogP contribution in [0, 0.1) is 11.3 Å². The van der Waals surface area contributed by atoms with Crippen molar-refractivity contribution in [3.8, 4) is 6.07 Å². The summed E-state index contributed by atoms with van der Waals surface area (Å²) in [6.07, 6.45) is 0. The Kier molecular flexibility index (Phi) is 4.68. The molecule has 0 bridgehead atoms. The minimum Gasteiger partial charge on any atom is -0.319 e. The summed E-state index contributed by atoms with van der Waals surface area (Å²) in [5, 5.41) is 16.7. The number of anilines is 1. The van der Waals surface area contributed by atoms with Gasteiger partial charge in [-0.2, -0.15) is 5.26 Å². The Morgan fingerprint density at radius 1 is 1.35 bits per heavy atom. The third kappa shape index (κ3) is 3.14. The minimum atomic E-state index is -1.28. The van der Waals surface area contributed by atoms with Crippen molar-refractivity contribution in [2.24, 2.45) is 0 Å². The maximum absolute atomic E-state index is 12.8. The highest BCUT2D eigenvalue weighted by Gasteiger charge is 2.49. The van der Waals surface area contributed by atoms with Gasteiger partial charge in [-0.1, -0.05) is 23.7 Å². The van der Waals surface area contributed by atoms with E-state index in [1.54, 1.807) is 42.6 Å². The topological polar surface area (TPSA) is 102 Å². The summed E-state index contributed by atoms with van der Waals surface area (Å²) in [7, 11) is 0. The number of carbonyl (C=O) groups is 3. The lowest BCUT2D eigenvalue weighted by atomic mass is 9.92. The molecule has 1 fully saturated rings. The van der Waals surface area contributed by atoms with E-state index in [0.29, 0.717) is 21.2 Å². The van der Waals surface area contributed by atoms with E-state index in [2.05, 4.69) is 10.6 Å². The average molecular weight is 389 g/mol. The molecule has 3 rings (SSSR count). The molecule has 2 N–H and O–H groups in total. The van der Waals surface area contributed by atoms with Crippen LogP contribution in [0.2, 0.25) is 5.02 Å². The first-order valence-electron chi connectivity index (χ1n) is 7.53. The van der Waals surface area contributed by atoms with Crippen molar-refractivity contribution in [2.45, 2.75) is 12.5 Å². The molecule has 1 saturated heterocycles. The molecule has 0 radical (unpaired) electrons. The number of thiophene rings is 1. The van der Waals surface area contributed by atoms with Crippen LogP contribution in [-0.2, 0) is 15.1 Å². The molecule has 4 amide bonds. The fourth-order valence-electron chi connectivity index (χ4n) is 2.62. The van der Waals surface area contributed by atoms with Crippen molar-refractivity contribution in [1.82, 2.24) is 10.2 Å². The van der Waals surface area contributed by atoms with Crippen LogP contribution in [-0.4, -0.2) is 29.3 Å². The molecular formula is C17H13ClN4O3S. The van der Waals surface area contributed by atoms with Crippen molar-refractivity contribution in [1.29, 1.82) is 5.26 Å². The van der Waals surface area contributed by atoms with Gasteiger partial charge in [-0.25, -0.2) is 4.79 Å². The quantitative estimate of drug-likeness (QED) is 0.786. The third-order valence-electron chi connectivity index (χ3n) is 4.04. The zero-order valence-electron chi connectivity index (χ0n) is 13.6. The van der Waals surface area contributed by atoms with Crippen LogP contribution in [0.25, 0.3) is 0 Å².